The smallest absolute Gasteiger partial charge is 0.251 e. The highest BCUT2D eigenvalue weighted by Crippen LogP contribution is 2.24. The number of thioether (sulfide) groups is 1. The second-order valence-corrected chi connectivity index (χ2v) is 9.35. The molecule has 0 saturated carbocycles. The van der Waals surface area contributed by atoms with Crippen LogP contribution in [-0.2, 0) is 11.3 Å². The predicted octanol–water partition coefficient (Wildman–Crippen LogP) is 5.46. The third kappa shape index (κ3) is 6.19. The molecule has 4 rings (SSSR count). The van der Waals surface area contributed by atoms with E-state index < -0.39 is 0 Å². The Bertz CT molecular complexity index is 1310. The predicted molar refractivity (Wildman–Crippen MR) is 141 cm³/mol. The molecule has 35 heavy (non-hydrogen) atoms. The van der Waals surface area contributed by atoms with Gasteiger partial charge in [0.05, 0.1) is 5.75 Å². The Morgan fingerprint density at radius 3 is 2.31 bits per heavy atom. The Balaban J connectivity index is 1.36. The molecule has 0 atom stereocenters. The lowest BCUT2D eigenvalue weighted by molar-refractivity contribution is -0.113. The van der Waals surface area contributed by atoms with Crippen molar-refractivity contribution in [1.82, 2.24) is 14.9 Å². The van der Waals surface area contributed by atoms with Gasteiger partial charge in [0, 0.05) is 35.9 Å². The average Bonchev–Trinajstić information content (AvgIpc) is 3.33. The molecule has 2 N–H and O–H groups in total. The van der Waals surface area contributed by atoms with Crippen LogP contribution in [0.1, 0.15) is 32.6 Å². The highest BCUT2D eigenvalue weighted by atomic mass is 32.2. The number of aromatic nitrogens is 2. The molecule has 0 aliphatic carbocycles. The Morgan fingerprint density at radius 1 is 0.943 bits per heavy atom. The van der Waals surface area contributed by atoms with Crippen LogP contribution in [0.25, 0.3) is 5.69 Å². The van der Waals surface area contributed by atoms with Gasteiger partial charge >= 0.3 is 0 Å². The maximum absolute atomic E-state index is 12.6. The topological polar surface area (TPSA) is 76.0 Å². The number of hydrogen-bond donors (Lipinski definition) is 2. The number of hydrogen-bond acceptors (Lipinski definition) is 4. The van der Waals surface area contributed by atoms with Crippen molar-refractivity contribution in [3.8, 4) is 5.69 Å². The van der Waals surface area contributed by atoms with Gasteiger partial charge in [0.25, 0.3) is 5.91 Å². The molecule has 0 saturated heterocycles. The molecule has 178 valence electrons. The number of nitrogens with zero attached hydrogens (tertiary/aromatic N) is 2. The molecule has 0 spiro atoms. The maximum atomic E-state index is 12.6. The largest absolute Gasteiger partial charge is 0.348 e. The van der Waals surface area contributed by atoms with Crippen molar-refractivity contribution in [3.05, 3.63) is 107 Å². The number of carbonyl (C=O) groups is 2. The molecule has 6 nitrogen and oxygen atoms in total. The third-order valence-corrected chi connectivity index (χ3v) is 6.55. The highest BCUT2D eigenvalue weighted by Gasteiger charge is 2.13. The van der Waals surface area contributed by atoms with Crippen LogP contribution in [0.5, 0.6) is 0 Å². The molecule has 3 aromatic carbocycles. The van der Waals surface area contributed by atoms with Crippen molar-refractivity contribution in [2.24, 2.45) is 0 Å². The fourth-order valence-corrected chi connectivity index (χ4v) is 4.70. The number of benzene rings is 3. The molecule has 0 bridgehead atoms. The summed E-state index contributed by atoms with van der Waals surface area (Å²) in [6.45, 7) is 6.53. The Hall–Kier alpha value is -3.84. The molecule has 1 heterocycles. The lowest BCUT2D eigenvalue weighted by atomic mass is 10.1. The van der Waals surface area contributed by atoms with Crippen molar-refractivity contribution < 1.29 is 9.59 Å². The lowest BCUT2D eigenvalue weighted by Gasteiger charge is -2.13. The zero-order chi connectivity index (χ0) is 24.8. The summed E-state index contributed by atoms with van der Waals surface area (Å²) in [5.74, 6) is 0.0352. The zero-order valence-electron chi connectivity index (χ0n) is 20.0. The molecule has 2 amide bonds. The Kier molecular flexibility index (Phi) is 7.67. The van der Waals surface area contributed by atoms with Gasteiger partial charge in [0.2, 0.25) is 5.91 Å². The normalized spacial score (nSPS) is 10.7. The van der Waals surface area contributed by atoms with Crippen LogP contribution >= 0.6 is 11.8 Å². The van der Waals surface area contributed by atoms with Crippen molar-refractivity contribution >= 4 is 29.3 Å². The molecule has 4 aromatic rings. The number of nitrogens with one attached hydrogen (secondary N) is 2. The summed E-state index contributed by atoms with van der Waals surface area (Å²) in [5, 5.41) is 6.67. The van der Waals surface area contributed by atoms with E-state index in [1.165, 1.54) is 17.3 Å². The van der Waals surface area contributed by atoms with Crippen molar-refractivity contribution in [1.29, 1.82) is 0 Å². The summed E-state index contributed by atoms with van der Waals surface area (Å²) in [6.07, 6.45) is 3.55. The van der Waals surface area contributed by atoms with E-state index in [1.807, 2.05) is 74.0 Å². The van der Waals surface area contributed by atoms with E-state index in [9.17, 15) is 9.59 Å². The van der Waals surface area contributed by atoms with Crippen LogP contribution in [0.15, 0.2) is 84.3 Å². The quantitative estimate of drug-likeness (QED) is 0.326. The molecule has 0 radical (unpaired) electrons. The summed E-state index contributed by atoms with van der Waals surface area (Å²) >= 11 is 1.37. The van der Waals surface area contributed by atoms with Gasteiger partial charge in [-0.1, -0.05) is 59.8 Å². The van der Waals surface area contributed by atoms with Crippen molar-refractivity contribution in [2.45, 2.75) is 32.5 Å². The summed E-state index contributed by atoms with van der Waals surface area (Å²) in [4.78, 5) is 29.5. The van der Waals surface area contributed by atoms with Crippen molar-refractivity contribution in [3.63, 3.8) is 0 Å². The van der Waals surface area contributed by atoms with E-state index in [-0.39, 0.29) is 17.6 Å². The summed E-state index contributed by atoms with van der Waals surface area (Å²) in [5.41, 5.74) is 6.65. The van der Waals surface area contributed by atoms with E-state index in [0.29, 0.717) is 17.3 Å². The number of rotatable bonds is 8. The fourth-order valence-electron chi connectivity index (χ4n) is 3.93. The number of imidazole rings is 1. The summed E-state index contributed by atoms with van der Waals surface area (Å²) in [7, 11) is 0. The molecule has 1 aromatic heterocycles. The molecule has 7 heteroatoms. The fraction of sp³-hybridized carbons (Fsp3) is 0.179. The van der Waals surface area contributed by atoms with E-state index in [1.54, 1.807) is 18.3 Å². The average molecular weight is 485 g/mol. The molecule has 0 aliphatic rings. The van der Waals surface area contributed by atoms with Crippen LogP contribution in [0, 0.1) is 20.8 Å². The van der Waals surface area contributed by atoms with Gasteiger partial charge in [0.15, 0.2) is 5.16 Å². The van der Waals surface area contributed by atoms with Crippen LogP contribution in [0.2, 0.25) is 0 Å². The number of aryl methyl sites for hydroxylation is 3. The van der Waals surface area contributed by atoms with Gasteiger partial charge in [-0.25, -0.2) is 4.98 Å². The lowest BCUT2D eigenvalue weighted by Crippen LogP contribution is -2.22. The molecular weight excluding hydrogens is 456 g/mol. The SMILES string of the molecule is Cc1cc(C)c(NC(=O)CSc2nccn2-c2ccc(C(=O)NCc3ccccc3)cc2)c(C)c1. The number of amides is 2. The minimum absolute atomic E-state index is 0.0787. The maximum Gasteiger partial charge on any atom is 0.251 e. The first-order valence-electron chi connectivity index (χ1n) is 11.4. The van der Waals surface area contributed by atoms with Gasteiger partial charge in [-0.3, -0.25) is 14.2 Å². The van der Waals surface area contributed by atoms with E-state index in [4.69, 9.17) is 0 Å². The van der Waals surface area contributed by atoms with Crippen molar-refractivity contribution in [2.75, 3.05) is 11.1 Å². The number of anilines is 1. The van der Waals surface area contributed by atoms with Crippen LogP contribution in [0.3, 0.4) is 0 Å². The first-order valence-corrected chi connectivity index (χ1v) is 12.4. The third-order valence-electron chi connectivity index (χ3n) is 5.58. The molecule has 0 unspecified atom stereocenters. The van der Waals surface area contributed by atoms with Gasteiger partial charge in [-0.05, 0) is 61.7 Å². The Labute approximate surface area is 209 Å². The van der Waals surface area contributed by atoms with Crippen LogP contribution in [-0.4, -0.2) is 27.1 Å². The second kappa shape index (κ2) is 11.1. The highest BCUT2D eigenvalue weighted by molar-refractivity contribution is 7.99. The minimum Gasteiger partial charge on any atom is -0.348 e. The standard InChI is InChI=1S/C28H28N4O2S/c1-19-15-20(2)26(21(3)16-19)31-25(33)18-35-28-29-13-14-32(28)24-11-9-23(10-12-24)27(34)30-17-22-7-5-4-6-8-22/h4-16H,17-18H2,1-3H3,(H,30,34)(H,31,33). The van der Waals surface area contributed by atoms with E-state index in [2.05, 4.69) is 27.8 Å². The second-order valence-electron chi connectivity index (χ2n) is 8.41. The van der Waals surface area contributed by atoms with Gasteiger partial charge in [-0.2, -0.15) is 0 Å². The number of carbonyl (C=O) groups excluding carboxylic acids is 2. The first-order chi connectivity index (χ1) is 16.9. The summed E-state index contributed by atoms with van der Waals surface area (Å²) in [6, 6.07) is 21.3. The van der Waals surface area contributed by atoms with Crippen LogP contribution in [0.4, 0.5) is 5.69 Å². The monoisotopic (exact) mass is 484 g/mol. The van der Waals surface area contributed by atoms with Gasteiger partial charge < -0.3 is 10.6 Å². The Morgan fingerprint density at radius 2 is 1.63 bits per heavy atom. The first kappa shape index (κ1) is 24.3. The molecular formula is C28H28N4O2S. The van der Waals surface area contributed by atoms with E-state index in [0.717, 1.165) is 28.1 Å². The van der Waals surface area contributed by atoms with E-state index >= 15 is 0 Å². The zero-order valence-corrected chi connectivity index (χ0v) is 20.9. The van der Waals surface area contributed by atoms with Crippen LogP contribution < -0.4 is 10.6 Å². The van der Waals surface area contributed by atoms with Gasteiger partial charge in [0.1, 0.15) is 0 Å². The molecule has 0 aliphatic heterocycles. The molecule has 0 fully saturated rings. The van der Waals surface area contributed by atoms with Gasteiger partial charge in [-0.15, -0.1) is 0 Å². The summed E-state index contributed by atoms with van der Waals surface area (Å²) < 4.78 is 1.91. The minimum atomic E-state index is -0.126.